The van der Waals surface area contributed by atoms with Crippen LogP contribution in [0.3, 0.4) is 0 Å². The van der Waals surface area contributed by atoms with Gasteiger partial charge in [-0.05, 0) is 36.4 Å². The number of rotatable bonds is 4. The van der Waals surface area contributed by atoms with Gasteiger partial charge in [0.05, 0.1) is 7.11 Å². The quantitative estimate of drug-likeness (QED) is 0.777. The number of methoxy groups -OCH3 is 1. The van der Waals surface area contributed by atoms with Crippen LogP contribution in [-0.4, -0.2) is 19.9 Å². The second-order valence-corrected chi connectivity index (χ2v) is 4.12. The summed E-state index contributed by atoms with van der Waals surface area (Å²) < 4.78 is 5.34. The van der Waals surface area contributed by atoms with Crippen molar-refractivity contribution in [1.29, 1.82) is 0 Å². The van der Waals surface area contributed by atoms with Crippen molar-refractivity contribution in [3.8, 4) is 5.75 Å². The van der Waals surface area contributed by atoms with E-state index in [0.29, 0.717) is 12.5 Å². The first-order valence-corrected chi connectivity index (χ1v) is 5.87. The molecule has 0 fully saturated rings. The molecule has 0 saturated heterocycles. The van der Waals surface area contributed by atoms with E-state index in [1.165, 1.54) is 10.5 Å². The molecule has 1 rings (SSSR count). The maximum atomic E-state index is 5.64. The lowest BCUT2D eigenvalue weighted by Gasteiger charge is -2.14. The molecule has 1 atom stereocenters. The smallest absolute Gasteiger partial charge is 0.123 e. The highest BCUT2D eigenvalue weighted by Crippen LogP contribution is 2.29. The van der Waals surface area contributed by atoms with Crippen LogP contribution in [0.2, 0.25) is 0 Å². The summed E-state index contributed by atoms with van der Waals surface area (Å²) in [5.41, 5.74) is 6.83. The zero-order valence-electron chi connectivity index (χ0n) is 8.91. The molecule has 3 heteroatoms. The highest BCUT2D eigenvalue weighted by atomic mass is 32.2. The van der Waals surface area contributed by atoms with Gasteiger partial charge < -0.3 is 10.5 Å². The third kappa shape index (κ3) is 2.42. The Balaban J connectivity index is 3.04. The molecular weight excluding hydrogens is 194 g/mol. The van der Waals surface area contributed by atoms with Gasteiger partial charge in [0.15, 0.2) is 0 Å². The van der Waals surface area contributed by atoms with Crippen molar-refractivity contribution < 1.29 is 4.74 Å². The van der Waals surface area contributed by atoms with Gasteiger partial charge in [-0.1, -0.05) is 13.0 Å². The molecule has 78 valence electrons. The Bertz CT molecular complexity index is 301. The van der Waals surface area contributed by atoms with E-state index < -0.39 is 0 Å². The SMILES string of the molecule is COc1cc(SC)ccc1C(C)CN. The van der Waals surface area contributed by atoms with E-state index in [9.17, 15) is 0 Å². The predicted octanol–water partition coefficient (Wildman–Crippen LogP) is 2.48. The van der Waals surface area contributed by atoms with Crippen LogP contribution in [0.25, 0.3) is 0 Å². The van der Waals surface area contributed by atoms with Crippen molar-refractivity contribution in [2.45, 2.75) is 17.7 Å². The first kappa shape index (κ1) is 11.4. The molecule has 14 heavy (non-hydrogen) atoms. The van der Waals surface area contributed by atoms with Gasteiger partial charge in [-0.25, -0.2) is 0 Å². The van der Waals surface area contributed by atoms with Crippen molar-refractivity contribution in [3.05, 3.63) is 23.8 Å². The minimum absolute atomic E-state index is 0.348. The third-order valence-corrected chi connectivity index (χ3v) is 3.05. The van der Waals surface area contributed by atoms with Gasteiger partial charge in [-0.15, -0.1) is 11.8 Å². The van der Waals surface area contributed by atoms with Crippen molar-refractivity contribution >= 4 is 11.8 Å². The lowest BCUT2D eigenvalue weighted by molar-refractivity contribution is 0.405. The molecule has 0 spiro atoms. The van der Waals surface area contributed by atoms with Crippen LogP contribution >= 0.6 is 11.8 Å². The molecule has 0 aromatic heterocycles. The number of thioether (sulfide) groups is 1. The Morgan fingerprint density at radius 2 is 2.21 bits per heavy atom. The molecule has 2 N–H and O–H groups in total. The van der Waals surface area contributed by atoms with E-state index >= 15 is 0 Å². The van der Waals surface area contributed by atoms with Crippen LogP contribution in [0.1, 0.15) is 18.4 Å². The lowest BCUT2D eigenvalue weighted by Crippen LogP contribution is -2.10. The van der Waals surface area contributed by atoms with Crippen LogP contribution in [0.15, 0.2) is 23.1 Å². The molecule has 0 amide bonds. The van der Waals surface area contributed by atoms with E-state index in [0.717, 1.165) is 5.75 Å². The summed E-state index contributed by atoms with van der Waals surface area (Å²) in [5.74, 6) is 1.29. The van der Waals surface area contributed by atoms with Crippen molar-refractivity contribution in [2.24, 2.45) is 5.73 Å². The standard InChI is InChI=1S/C11H17NOS/c1-8(7-12)10-5-4-9(14-3)6-11(10)13-2/h4-6,8H,7,12H2,1-3H3. The number of nitrogens with two attached hydrogens (primary N) is 1. The minimum Gasteiger partial charge on any atom is -0.496 e. The predicted molar refractivity (Wildman–Crippen MR) is 62.2 cm³/mol. The molecule has 0 aliphatic rings. The Labute approximate surface area is 89.8 Å². The van der Waals surface area contributed by atoms with E-state index in [2.05, 4.69) is 31.4 Å². The van der Waals surface area contributed by atoms with Gasteiger partial charge in [0.25, 0.3) is 0 Å². The largest absolute Gasteiger partial charge is 0.496 e. The molecule has 0 saturated carbocycles. The zero-order chi connectivity index (χ0) is 10.6. The highest BCUT2D eigenvalue weighted by Gasteiger charge is 2.10. The van der Waals surface area contributed by atoms with Crippen LogP contribution in [0.5, 0.6) is 5.75 Å². The minimum atomic E-state index is 0.348. The average Bonchev–Trinajstić information content (AvgIpc) is 2.27. The van der Waals surface area contributed by atoms with Gasteiger partial charge in [-0.3, -0.25) is 0 Å². The topological polar surface area (TPSA) is 35.2 Å². The summed E-state index contributed by atoms with van der Waals surface area (Å²) in [4.78, 5) is 1.22. The number of benzene rings is 1. The monoisotopic (exact) mass is 211 g/mol. The summed E-state index contributed by atoms with van der Waals surface area (Å²) >= 11 is 1.72. The van der Waals surface area contributed by atoms with E-state index in [-0.39, 0.29) is 0 Å². The summed E-state index contributed by atoms with van der Waals surface area (Å²) in [6.07, 6.45) is 2.06. The maximum Gasteiger partial charge on any atom is 0.123 e. The van der Waals surface area contributed by atoms with Crippen molar-refractivity contribution in [3.63, 3.8) is 0 Å². The first-order valence-electron chi connectivity index (χ1n) is 4.65. The summed E-state index contributed by atoms with van der Waals surface area (Å²) in [5, 5.41) is 0. The van der Waals surface area contributed by atoms with Gasteiger partial charge in [0.1, 0.15) is 5.75 Å². The molecule has 0 heterocycles. The lowest BCUT2D eigenvalue weighted by atomic mass is 10.0. The highest BCUT2D eigenvalue weighted by molar-refractivity contribution is 7.98. The Kier molecular flexibility index (Phi) is 4.29. The zero-order valence-corrected chi connectivity index (χ0v) is 9.73. The Morgan fingerprint density at radius 1 is 1.50 bits per heavy atom. The molecule has 1 aromatic carbocycles. The number of hydrogen-bond acceptors (Lipinski definition) is 3. The normalized spacial score (nSPS) is 12.6. The van der Waals surface area contributed by atoms with Crippen molar-refractivity contribution in [2.75, 3.05) is 19.9 Å². The molecule has 1 aromatic rings. The summed E-state index contributed by atoms with van der Waals surface area (Å²) in [6, 6.07) is 6.27. The van der Waals surface area contributed by atoms with Crippen molar-refractivity contribution in [1.82, 2.24) is 0 Å². The van der Waals surface area contributed by atoms with Crippen LogP contribution in [0, 0.1) is 0 Å². The fourth-order valence-electron chi connectivity index (χ4n) is 1.35. The molecule has 0 bridgehead atoms. The second-order valence-electron chi connectivity index (χ2n) is 3.24. The molecule has 0 radical (unpaired) electrons. The third-order valence-electron chi connectivity index (χ3n) is 2.33. The van der Waals surface area contributed by atoms with E-state index in [4.69, 9.17) is 10.5 Å². The van der Waals surface area contributed by atoms with Gasteiger partial charge in [0.2, 0.25) is 0 Å². The molecule has 2 nitrogen and oxygen atoms in total. The first-order chi connectivity index (χ1) is 6.72. The van der Waals surface area contributed by atoms with E-state index in [1.54, 1.807) is 18.9 Å². The summed E-state index contributed by atoms with van der Waals surface area (Å²) in [7, 11) is 1.70. The van der Waals surface area contributed by atoms with Crippen LogP contribution in [-0.2, 0) is 0 Å². The molecule has 0 aliphatic heterocycles. The maximum absolute atomic E-state index is 5.64. The fraction of sp³-hybridized carbons (Fsp3) is 0.455. The van der Waals surface area contributed by atoms with Gasteiger partial charge in [-0.2, -0.15) is 0 Å². The van der Waals surface area contributed by atoms with Crippen LogP contribution < -0.4 is 10.5 Å². The number of ether oxygens (including phenoxy) is 1. The second kappa shape index (κ2) is 5.27. The molecule has 1 unspecified atom stereocenters. The summed E-state index contributed by atoms with van der Waals surface area (Å²) in [6.45, 7) is 2.76. The molecule has 0 aliphatic carbocycles. The van der Waals surface area contributed by atoms with Crippen LogP contribution in [0.4, 0.5) is 0 Å². The van der Waals surface area contributed by atoms with E-state index in [1.807, 2.05) is 0 Å². The van der Waals surface area contributed by atoms with Gasteiger partial charge in [0, 0.05) is 4.90 Å². The Hall–Kier alpha value is -0.670. The average molecular weight is 211 g/mol. The number of hydrogen-bond donors (Lipinski definition) is 1. The molecular formula is C11H17NOS. The Morgan fingerprint density at radius 3 is 2.71 bits per heavy atom. The van der Waals surface area contributed by atoms with Gasteiger partial charge >= 0.3 is 0 Å². The fourth-order valence-corrected chi connectivity index (χ4v) is 1.78.